The lowest BCUT2D eigenvalue weighted by molar-refractivity contribution is -0.124. The maximum Gasteiger partial charge on any atom is 0.254 e. The normalized spacial score (nSPS) is 15.6. The Morgan fingerprint density at radius 3 is 2.67 bits per heavy atom. The first-order valence-electron chi connectivity index (χ1n) is 8.20. The van der Waals surface area contributed by atoms with Crippen LogP contribution in [0.25, 0.3) is 11.1 Å². The van der Waals surface area contributed by atoms with Crippen molar-refractivity contribution in [3.63, 3.8) is 0 Å². The summed E-state index contributed by atoms with van der Waals surface area (Å²) in [6.07, 6.45) is 0.673. The van der Waals surface area contributed by atoms with E-state index in [0.717, 1.165) is 6.42 Å². The van der Waals surface area contributed by atoms with E-state index in [1.165, 1.54) is 25.3 Å². The zero-order valence-electron chi connectivity index (χ0n) is 14.5. The van der Waals surface area contributed by atoms with Gasteiger partial charge in [0.25, 0.3) is 5.91 Å². The molecule has 1 aromatic heterocycles. The Morgan fingerprint density at radius 2 is 2.07 bits per heavy atom. The Balaban J connectivity index is 2.19. The van der Waals surface area contributed by atoms with Crippen molar-refractivity contribution in [1.29, 1.82) is 10.5 Å². The fourth-order valence-corrected chi connectivity index (χ4v) is 2.93. The van der Waals surface area contributed by atoms with E-state index in [1.807, 2.05) is 12.1 Å². The first-order valence-corrected chi connectivity index (χ1v) is 8.20. The molecule has 0 bridgehead atoms. The summed E-state index contributed by atoms with van der Waals surface area (Å²) in [5.74, 6) is -1.29. The van der Waals surface area contributed by atoms with E-state index in [1.54, 1.807) is 6.07 Å². The van der Waals surface area contributed by atoms with Crippen LogP contribution in [0.2, 0.25) is 0 Å². The number of carbonyl (C=O) groups excluding carboxylic acids is 1. The molecule has 8 heteroatoms. The van der Waals surface area contributed by atoms with Gasteiger partial charge in [0.1, 0.15) is 35.2 Å². The molecule has 1 saturated heterocycles. The molecule has 1 aliphatic rings. The summed E-state index contributed by atoms with van der Waals surface area (Å²) in [4.78, 5) is 16.5. The van der Waals surface area contributed by atoms with Gasteiger partial charge in [-0.05, 0) is 18.9 Å². The number of carbonyl (C=O) groups is 1. The molecule has 27 heavy (non-hydrogen) atoms. The first-order chi connectivity index (χ1) is 13.1. The highest BCUT2D eigenvalue weighted by Crippen LogP contribution is 2.37. The Kier molecular flexibility index (Phi) is 5.30. The maximum absolute atomic E-state index is 14.4. The third-order valence-corrected chi connectivity index (χ3v) is 4.19. The average Bonchev–Trinajstić information content (AvgIpc) is 3.22. The molecule has 1 aliphatic heterocycles. The molecule has 0 radical (unpaired) electrons. The highest BCUT2D eigenvalue weighted by molar-refractivity contribution is 5.96. The minimum atomic E-state index is -0.642. The van der Waals surface area contributed by atoms with Gasteiger partial charge in [-0.15, -0.1) is 0 Å². The average molecular weight is 366 g/mol. The lowest BCUT2D eigenvalue weighted by Crippen LogP contribution is -2.28. The lowest BCUT2D eigenvalue weighted by Gasteiger charge is -2.16. The number of amides is 1. The van der Waals surface area contributed by atoms with Crippen LogP contribution in [0.5, 0.6) is 5.88 Å². The van der Waals surface area contributed by atoms with Gasteiger partial charge >= 0.3 is 0 Å². The fraction of sp³-hybridized carbons (Fsp3) is 0.263. The summed E-state index contributed by atoms with van der Waals surface area (Å²) in [7, 11) is 1.30. The van der Waals surface area contributed by atoms with Gasteiger partial charge in [0.05, 0.1) is 7.11 Å². The molecule has 3 rings (SSSR count). The number of hydrogen-bond acceptors (Lipinski definition) is 6. The van der Waals surface area contributed by atoms with E-state index in [2.05, 4.69) is 10.3 Å². The number of anilines is 1. The second-order valence-electron chi connectivity index (χ2n) is 5.79. The second-order valence-corrected chi connectivity index (χ2v) is 5.79. The number of halogens is 1. The van der Waals surface area contributed by atoms with Crippen LogP contribution in [0.1, 0.15) is 24.0 Å². The van der Waals surface area contributed by atoms with Gasteiger partial charge in [-0.2, -0.15) is 15.5 Å². The van der Waals surface area contributed by atoms with E-state index in [0.29, 0.717) is 13.0 Å². The van der Waals surface area contributed by atoms with Crippen molar-refractivity contribution in [3.05, 3.63) is 41.2 Å². The minimum Gasteiger partial charge on any atom is -0.480 e. The first kappa shape index (κ1) is 18.3. The van der Waals surface area contributed by atoms with Gasteiger partial charge in [0.2, 0.25) is 5.88 Å². The predicted molar refractivity (Wildman–Crippen MR) is 93.2 cm³/mol. The molecule has 1 aromatic carbocycles. The zero-order valence-corrected chi connectivity index (χ0v) is 14.5. The summed E-state index contributed by atoms with van der Waals surface area (Å²) < 4.78 is 24.9. The van der Waals surface area contributed by atoms with Crippen molar-refractivity contribution in [2.24, 2.45) is 0 Å². The number of benzene rings is 1. The van der Waals surface area contributed by atoms with Crippen molar-refractivity contribution in [3.8, 4) is 29.1 Å². The van der Waals surface area contributed by atoms with Crippen LogP contribution in [0.15, 0.2) is 24.3 Å². The van der Waals surface area contributed by atoms with Crippen LogP contribution >= 0.6 is 0 Å². The van der Waals surface area contributed by atoms with Crippen LogP contribution in [0.4, 0.5) is 10.2 Å². The molecule has 1 unspecified atom stereocenters. The number of nitrogens with one attached hydrogen (secondary N) is 1. The SMILES string of the molecule is COc1nc(NC(=O)C2CCCO2)c(C#N)c(-c2ccccc2F)c1C#N. The second kappa shape index (κ2) is 7.81. The third-order valence-electron chi connectivity index (χ3n) is 4.19. The van der Waals surface area contributed by atoms with Crippen molar-refractivity contribution < 1.29 is 18.7 Å². The number of nitrogens with zero attached hydrogens (tertiary/aromatic N) is 3. The number of aromatic nitrogens is 1. The van der Waals surface area contributed by atoms with Gasteiger partial charge in [-0.3, -0.25) is 4.79 Å². The molecule has 2 heterocycles. The van der Waals surface area contributed by atoms with Gasteiger partial charge in [0.15, 0.2) is 5.82 Å². The molecule has 1 fully saturated rings. The molecule has 0 saturated carbocycles. The number of methoxy groups -OCH3 is 1. The Labute approximate surface area is 155 Å². The molecule has 0 spiro atoms. The number of pyridine rings is 1. The molecule has 136 valence electrons. The summed E-state index contributed by atoms with van der Waals surface area (Å²) in [6.45, 7) is 0.480. The van der Waals surface area contributed by atoms with Crippen LogP contribution < -0.4 is 10.1 Å². The number of hydrogen-bond donors (Lipinski definition) is 1. The zero-order chi connectivity index (χ0) is 19.4. The van der Waals surface area contributed by atoms with Crippen LogP contribution in [-0.2, 0) is 9.53 Å². The quantitative estimate of drug-likeness (QED) is 0.891. The Hall–Kier alpha value is -3.49. The smallest absolute Gasteiger partial charge is 0.254 e. The molecular weight excluding hydrogens is 351 g/mol. The summed E-state index contributed by atoms with van der Waals surface area (Å²) in [6, 6.07) is 9.57. The van der Waals surface area contributed by atoms with E-state index < -0.39 is 17.8 Å². The Bertz CT molecular complexity index is 972. The Morgan fingerprint density at radius 1 is 1.33 bits per heavy atom. The van der Waals surface area contributed by atoms with Crippen molar-refractivity contribution in [2.75, 3.05) is 19.0 Å². The van der Waals surface area contributed by atoms with Crippen LogP contribution in [0, 0.1) is 28.5 Å². The third kappa shape index (κ3) is 3.43. The van der Waals surface area contributed by atoms with E-state index >= 15 is 0 Å². The summed E-state index contributed by atoms with van der Waals surface area (Å²) in [5, 5.41) is 21.8. The molecule has 1 amide bonds. The summed E-state index contributed by atoms with van der Waals surface area (Å²) in [5.41, 5.74) is -0.149. The fourth-order valence-electron chi connectivity index (χ4n) is 2.93. The van der Waals surface area contributed by atoms with Crippen molar-refractivity contribution in [1.82, 2.24) is 4.98 Å². The minimum absolute atomic E-state index is 0.0209. The van der Waals surface area contributed by atoms with E-state index in [9.17, 15) is 19.7 Å². The molecule has 7 nitrogen and oxygen atoms in total. The molecule has 1 atom stereocenters. The lowest BCUT2D eigenvalue weighted by atomic mass is 9.96. The van der Waals surface area contributed by atoms with Gasteiger partial charge in [0, 0.05) is 17.7 Å². The van der Waals surface area contributed by atoms with E-state index in [4.69, 9.17) is 9.47 Å². The van der Waals surface area contributed by atoms with Gasteiger partial charge < -0.3 is 14.8 Å². The number of ether oxygens (including phenoxy) is 2. The van der Waals surface area contributed by atoms with Gasteiger partial charge in [-0.25, -0.2) is 4.39 Å². The highest BCUT2D eigenvalue weighted by Gasteiger charge is 2.28. The number of rotatable bonds is 4. The largest absolute Gasteiger partial charge is 0.480 e. The standard InChI is InChI=1S/C19H15FN4O3/c1-26-19-13(10-22)16(11-5-2-3-6-14(11)20)12(9-21)17(24-19)23-18(25)15-7-4-8-27-15/h2-3,5-6,15H,4,7-8H2,1H3,(H,23,24,25). The van der Waals surface area contributed by atoms with Crippen molar-refractivity contribution in [2.45, 2.75) is 18.9 Å². The van der Waals surface area contributed by atoms with E-state index in [-0.39, 0.29) is 34.0 Å². The molecule has 0 aliphatic carbocycles. The monoisotopic (exact) mass is 366 g/mol. The van der Waals surface area contributed by atoms with Crippen LogP contribution in [0.3, 0.4) is 0 Å². The molecule has 2 aromatic rings. The summed E-state index contributed by atoms with van der Waals surface area (Å²) >= 11 is 0. The molecular formula is C19H15FN4O3. The van der Waals surface area contributed by atoms with Gasteiger partial charge in [-0.1, -0.05) is 18.2 Å². The topological polar surface area (TPSA) is 108 Å². The maximum atomic E-state index is 14.4. The number of nitriles is 2. The predicted octanol–water partition coefficient (Wildman–Crippen LogP) is 2.76. The van der Waals surface area contributed by atoms with Crippen molar-refractivity contribution >= 4 is 11.7 Å². The molecule has 1 N–H and O–H groups in total. The van der Waals surface area contributed by atoms with Crippen LogP contribution in [-0.4, -0.2) is 30.7 Å². The highest BCUT2D eigenvalue weighted by atomic mass is 19.1.